The fourth-order valence-electron chi connectivity index (χ4n) is 2.11. The molecule has 0 bridgehead atoms. The molecule has 0 fully saturated rings. The second-order valence-corrected chi connectivity index (χ2v) is 8.14. The molecule has 126 valence electrons. The van der Waals surface area contributed by atoms with E-state index in [4.69, 9.17) is 32.4 Å². The quantitative estimate of drug-likeness (QED) is 0.189. The van der Waals surface area contributed by atoms with Crippen LogP contribution in [0.4, 0.5) is 0 Å². The molecule has 0 spiro atoms. The summed E-state index contributed by atoms with van der Waals surface area (Å²) in [6.45, 7) is 2.53. The molecule has 6 heteroatoms. The number of alkyl halides is 2. The van der Waals surface area contributed by atoms with Gasteiger partial charge in [-0.3, -0.25) is 4.79 Å². The summed E-state index contributed by atoms with van der Waals surface area (Å²) in [5.41, 5.74) is 0. The van der Waals surface area contributed by atoms with E-state index < -0.39 is 9.76 Å². The number of unbranched alkanes of at least 4 members (excludes halogenated alkanes) is 8. The van der Waals surface area contributed by atoms with Crippen LogP contribution in [0.5, 0.6) is 0 Å². The van der Waals surface area contributed by atoms with Crippen LogP contribution in [-0.4, -0.2) is 33.8 Å². The molecule has 0 aromatic heterocycles. The molecule has 0 aromatic rings. The average molecular weight is 357 g/mol. The Balaban J connectivity index is 2.98. The fourth-order valence-corrected chi connectivity index (χ4v) is 3.75. The van der Waals surface area contributed by atoms with Crippen molar-refractivity contribution in [2.24, 2.45) is 0 Å². The summed E-state index contributed by atoms with van der Waals surface area (Å²) >= 11 is 11.2. The van der Waals surface area contributed by atoms with Crippen LogP contribution in [0.15, 0.2) is 0 Å². The monoisotopic (exact) mass is 356 g/mol. The summed E-state index contributed by atoms with van der Waals surface area (Å²) in [5.74, 6) is -0.173. The number of hydrogen-bond donors (Lipinski definition) is 0. The van der Waals surface area contributed by atoms with Crippen molar-refractivity contribution in [2.75, 3.05) is 13.2 Å². The molecule has 0 aliphatic rings. The highest BCUT2D eigenvalue weighted by Gasteiger charge is 1.98. The fraction of sp³-hybridized carbons (Fsp3) is 0.933. The van der Waals surface area contributed by atoms with Crippen molar-refractivity contribution in [1.82, 2.24) is 0 Å². The maximum Gasteiger partial charge on any atom is 0.302 e. The maximum absolute atomic E-state index is 10.6. The van der Waals surface area contributed by atoms with Gasteiger partial charge in [0.1, 0.15) is 4.84 Å². The highest BCUT2D eigenvalue weighted by atomic mass is 35.5. The smallest absolute Gasteiger partial charge is 0.302 e. The highest BCUT2D eigenvalue weighted by Crippen LogP contribution is 2.11. The largest absolute Gasteiger partial charge is 0.466 e. The normalized spacial score (nSPS) is 11.6. The molecule has 0 rings (SSSR count). The zero-order valence-electron chi connectivity index (χ0n) is 13.3. The van der Waals surface area contributed by atoms with Gasteiger partial charge in [0.15, 0.2) is 9.76 Å². The van der Waals surface area contributed by atoms with E-state index >= 15 is 0 Å². The van der Waals surface area contributed by atoms with E-state index in [2.05, 4.69) is 0 Å². The minimum absolute atomic E-state index is 0.173. The Hall–Kier alpha value is 0.227. The van der Waals surface area contributed by atoms with Crippen LogP contribution in [0.25, 0.3) is 0 Å². The molecule has 0 amide bonds. The van der Waals surface area contributed by atoms with Crippen LogP contribution in [0.1, 0.15) is 64.7 Å². The lowest BCUT2D eigenvalue weighted by atomic mass is 10.1. The predicted molar refractivity (Wildman–Crippen MR) is 93.0 cm³/mol. The van der Waals surface area contributed by atoms with Crippen LogP contribution in [-0.2, 0) is 14.0 Å². The third kappa shape index (κ3) is 20.2. The molecule has 0 aliphatic heterocycles. The van der Waals surface area contributed by atoms with Gasteiger partial charge in [0.25, 0.3) is 0 Å². The topological polar surface area (TPSA) is 35.5 Å². The molecule has 0 N–H and O–H groups in total. The number of esters is 1. The Labute approximate surface area is 142 Å². The predicted octanol–water partition coefficient (Wildman–Crippen LogP) is 4.38. The molecule has 0 unspecified atom stereocenters. The molecule has 0 aromatic carbocycles. The summed E-state index contributed by atoms with van der Waals surface area (Å²) in [6.07, 6.45) is 11.3. The Morgan fingerprint density at radius 3 is 2.00 bits per heavy atom. The third-order valence-electron chi connectivity index (χ3n) is 3.23. The molecule has 0 heterocycles. The van der Waals surface area contributed by atoms with Gasteiger partial charge in [-0.2, -0.15) is 0 Å². The van der Waals surface area contributed by atoms with Crippen molar-refractivity contribution in [3.05, 3.63) is 0 Å². The summed E-state index contributed by atoms with van der Waals surface area (Å²) in [6, 6.07) is 1.23. The van der Waals surface area contributed by atoms with E-state index in [1.165, 1.54) is 64.3 Å². The van der Waals surface area contributed by atoms with Gasteiger partial charge in [-0.25, -0.2) is 0 Å². The van der Waals surface area contributed by atoms with E-state index in [0.717, 1.165) is 6.42 Å². The molecular weight excluding hydrogens is 327 g/mol. The first-order valence-corrected chi connectivity index (χ1v) is 10.6. The van der Waals surface area contributed by atoms with Crippen molar-refractivity contribution in [3.8, 4) is 0 Å². The van der Waals surface area contributed by atoms with Crippen LogP contribution in [0.2, 0.25) is 6.04 Å². The number of carbonyl (C=O) groups is 1. The number of carbonyl (C=O) groups excluding carboxylic acids is 1. The van der Waals surface area contributed by atoms with Crippen LogP contribution < -0.4 is 0 Å². The van der Waals surface area contributed by atoms with E-state index in [-0.39, 0.29) is 10.8 Å². The molecule has 0 saturated carbocycles. The SMILES string of the molecule is CC(=O)OCCCCCCCCCCC[SiH2]OCC(Cl)Cl. The van der Waals surface area contributed by atoms with Crippen molar-refractivity contribution in [2.45, 2.75) is 75.6 Å². The Bertz CT molecular complexity index is 241. The lowest BCUT2D eigenvalue weighted by molar-refractivity contribution is -0.141. The standard InChI is InChI=1S/C15H30Cl2O3Si/c1-14(18)19-11-9-7-5-3-2-4-6-8-10-12-21-20-13-15(16)17/h15H,2-13,21H2,1H3. The molecular formula is C15H30Cl2O3Si. The van der Waals surface area contributed by atoms with Gasteiger partial charge < -0.3 is 9.16 Å². The lowest BCUT2D eigenvalue weighted by Crippen LogP contribution is -2.05. The molecule has 3 nitrogen and oxygen atoms in total. The third-order valence-corrected chi connectivity index (χ3v) is 4.80. The van der Waals surface area contributed by atoms with Crippen molar-refractivity contribution in [1.29, 1.82) is 0 Å². The number of rotatable bonds is 15. The van der Waals surface area contributed by atoms with Crippen LogP contribution in [0.3, 0.4) is 0 Å². The van der Waals surface area contributed by atoms with Gasteiger partial charge in [-0.15, -0.1) is 23.2 Å². The van der Waals surface area contributed by atoms with Gasteiger partial charge in [0, 0.05) is 6.92 Å². The minimum Gasteiger partial charge on any atom is -0.466 e. The highest BCUT2D eigenvalue weighted by molar-refractivity contribution is 6.44. The van der Waals surface area contributed by atoms with Crippen molar-refractivity contribution >= 4 is 38.9 Å². The Morgan fingerprint density at radius 2 is 1.48 bits per heavy atom. The van der Waals surface area contributed by atoms with Crippen molar-refractivity contribution < 1.29 is 14.0 Å². The van der Waals surface area contributed by atoms with Gasteiger partial charge in [0.2, 0.25) is 0 Å². The van der Waals surface area contributed by atoms with Crippen LogP contribution >= 0.6 is 23.2 Å². The van der Waals surface area contributed by atoms with Crippen molar-refractivity contribution in [3.63, 3.8) is 0 Å². The number of hydrogen-bond acceptors (Lipinski definition) is 3. The lowest BCUT2D eigenvalue weighted by Gasteiger charge is -2.04. The summed E-state index contributed by atoms with van der Waals surface area (Å²) in [5, 5.41) is 0. The first-order valence-electron chi connectivity index (χ1n) is 8.12. The van der Waals surface area contributed by atoms with Crippen LogP contribution in [0, 0.1) is 0 Å². The summed E-state index contributed by atoms with van der Waals surface area (Å²) < 4.78 is 10.3. The first-order chi connectivity index (χ1) is 10.1. The summed E-state index contributed by atoms with van der Waals surface area (Å²) in [4.78, 5) is 10.2. The molecule has 0 radical (unpaired) electrons. The maximum atomic E-state index is 10.6. The van der Waals surface area contributed by atoms with Gasteiger partial charge >= 0.3 is 5.97 Å². The van der Waals surface area contributed by atoms with E-state index in [1.54, 1.807) is 0 Å². The zero-order chi connectivity index (χ0) is 15.8. The van der Waals surface area contributed by atoms with E-state index in [9.17, 15) is 4.79 Å². The second kappa shape index (κ2) is 16.6. The summed E-state index contributed by atoms with van der Waals surface area (Å²) in [7, 11) is -0.398. The zero-order valence-corrected chi connectivity index (χ0v) is 16.2. The van der Waals surface area contributed by atoms with Gasteiger partial charge in [-0.1, -0.05) is 51.4 Å². The number of ether oxygens (including phenoxy) is 1. The Morgan fingerprint density at radius 1 is 0.952 bits per heavy atom. The van der Waals surface area contributed by atoms with E-state index in [1.807, 2.05) is 0 Å². The average Bonchev–Trinajstić information content (AvgIpc) is 2.42. The van der Waals surface area contributed by atoms with Gasteiger partial charge in [-0.05, 0) is 12.5 Å². The molecule has 0 aliphatic carbocycles. The van der Waals surface area contributed by atoms with E-state index in [0.29, 0.717) is 13.2 Å². The van der Waals surface area contributed by atoms with Gasteiger partial charge in [0.05, 0.1) is 13.2 Å². The molecule has 0 atom stereocenters. The minimum atomic E-state index is -0.398. The molecule has 0 saturated heterocycles. The second-order valence-electron chi connectivity index (χ2n) is 5.34. The first kappa shape index (κ1) is 21.2. The molecule has 21 heavy (non-hydrogen) atoms. The Kier molecular flexibility index (Phi) is 16.8. The number of halogens is 2.